The van der Waals surface area contributed by atoms with Gasteiger partial charge in [-0.3, -0.25) is 0 Å². The molecule has 0 aromatic heterocycles. The lowest BCUT2D eigenvalue weighted by Crippen LogP contribution is -2.23. The summed E-state index contributed by atoms with van der Waals surface area (Å²) in [6.07, 6.45) is 0. The van der Waals surface area contributed by atoms with Gasteiger partial charge in [-0.05, 0) is 31.2 Å². The number of oxime groups is 1. The quantitative estimate of drug-likeness (QED) is 0.293. The zero-order valence-corrected chi connectivity index (χ0v) is 10.0. The molecule has 3 N–H and O–H groups in total. The van der Waals surface area contributed by atoms with Crippen molar-refractivity contribution in [3.05, 3.63) is 28.7 Å². The zero-order chi connectivity index (χ0) is 10.6. The van der Waals surface area contributed by atoms with E-state index in [1.165, 1.54) is 0 Å². The Kier molecular flexibility index (Phi) is 4.28. The van der Waals surface area contributed by atoms with Crippen LogP contribution in [-0.4, -0.2) is 16.3 Å². The highest BCUT2D eigenvalue weighted by Crippen LogP contribution is 2.24. The number of nitrogens with zero attached hydrogens (tertiary/aromatic N) is 1. The van der Waals surface area contributed by atoms with Gasteiger partial charge in [-0.15, -0.1) is 11.8 Å². The number of amidine groups is 1. The summed E-state index contributed by atoms with van der Waals surface area (Å²) in [5.74, 6) is 0.234. The fourth-order valence-corrected chi connectivity index (χ4v) is 1.99. The first-order valence-corrected chi connectivity index (χ1v) is 5.70. The summed E-state index contributed by atoms with van der Waals surface area (Å²) in [4.78, 5) is 1.09. The van der Waals surface area contributed by atoms with Crippen LogP contribution >= 0.6 is 27.7 Å². The highest BCUT2D eigenvalue weighted by atomic mass is 79.9. The van der Waals surface area contributed by atoms with Crippen LogP contribution in [0.4, 0.5) is 0 Å². The van der Waals surface area contributed by atoms with Gasteiger partial charge in [0.1, 0.15) is 0 Å². The van der Waals surface area contributed by atoms with Crippen LogP contribution in [0, 0.1) is 0 Å². The second kappa shape index (κ2) is 5.26. The lowest BCUT2D eigenvalue weighted by atomic mass is 10.4. The summed E-state index contributed by atoms with van der Waals surface area (Å²) in [5.41, 5.74) is 5.46. The second-order valence-corrected chi connectivity index (χ2v) is 5.07. The van der Waals surface area contributed by atoms with Gasteiger partial charge in [-0.1, -0.05) is 21.1 Å². The molecule has 0 spiro atoms. The van der Waals surface area contributed by atoms with Gasteiger partial charge in [-0.2, -0.15) is 0 Å². The minimum absolute atomic E-state index is 0.0267. The van der Waals surface area contributed by atoms with Crippen molar-refractivity contribution in [2.24, 2.45) is 10.9 Å². The molecule has 0 aliphatic carbocycles. The van der Waals surface area contributed by atoms with Gasteiger partial charge in [0.15, 0.2) is 5.84 Å². The first-order chi connectivity index (χ1) is 6.63. The summed E-state index contributed by atoms with van der Waals surface area (Å²) < 4.78 is 1.04. The standard InChI is InChI=1S/C9H11BrN2OS/c1-6(9(11)12-13)14-8-4-2-7(10)3-5-8/h2-6,13H,1H3,(H2,11,12). The van der Waals surface area contributed by atoms with E-state index in [1.807, 2.05) is 31.2 Å². The molecule has 0 aliphatic heterocycles. The number of hydrogen-bond donors (Lipinski definition) is 2. The molecule has 5 heteroatoms. The first kappa shape index (κ1) is 11.4. The molecule has 1 aromatic carbocycles. The van der Waals surface area contributed by atoms with E-state index in [9.17, 15) is 0 Å². The van der Waals surface area contributed by atoms with Crippen LogP contribution in [0.2, 0.25) is 0 Å². The molecule has 0 bridgehead atoms. The van der Waals surface area contributed by atoms with Crippen molar-refractivity contribution < 1.29 is 5.21 Å². The number of hydrogen-bond acceptors (Lipinski definition) is 3. The van der Waals surface area contributed by atoms with Gasteiger partial charge in [-0.25, -0.2) is 0 Å². The molecular formula is C9H11BrN2OS. The first-order valence-electron chi connectivity index (χ1n) is 4.03. The molecule has 0 radical (unpaired) electrons. The molecule has 0 saturated carbocycles. The Morgan fingerprint density at radius 2 is 2.07 bits per heavy atom. The average molecular weight is 275 g/mol. The second-order valence-electron chi connectivity index (χ2n) is 2.74. The van der Waals surface area contributed by atoms with Crippen molar-refractivity contribution in [1.29, 1.82) is 0 Å². The molecule has 1 aromatic rings. The molecule has 1 atom stereocenters. The third-order valence-corrected chi connectivity index (χ3v) is 3.33. The van der Waals surface area contributed by atoms with Crippen LogP contribution < -0.4 is 5.73 Å². The molecular weight excluding hydrogens is 264 g/mol. The van der Waals surface area contributed by atoms with Crippen LogP contribution in [0.1, 0.15) is 6.92 Å². The lowest BCUT2D eigenvalue weighted by molar-refractivity contribution is 0.317. The van der Waals surface area contributed by atoms with Crippen molar-refractivity contribution in [3.8, 4) is 0 Å². The van der Waals surface area contributed by atoms with Gasteiger partial charge >= 0.3 is 0 Å². The zero-order valence-electron chi connectivity index (χ0n) is 7.64. The molecule has 14 heavy (non-hydrogen) atoms. The molecule has 0 heterocycles. The van der Waals surface area contributed by atoms with Gasteiger partial charge in [0, 0.05) is 9.37 Å². The van der Waals surface area contributed by atoms with Crippen LogP contribution in [0.5, 0.6) is 0 Å². The van der Waals surface area contributed by atoms with E-state index in [4.69, 9.17) is 10.9 Å². The third kappa shape index (κ3) is 3.23. The Bertz CT molecular complexity index is 326. The van der Waals surface area contributed by atoms with Gasteiger partial charge in [0.2, 0.25) is 0 Å². The average Bonchev–Trinajstić information content (AvgIpc) is 2.20. The topological polar surface area (TPSA) is 58.6 Å². The maximum Gasteiger partial charge on any atom is 0.152 e. The van der Waals surface area contributed by atoms with Gasteiger partial charge in [0.05, 0.1) is 5.25 Å². The maximum absolute atomic E-state index is 8.47. The largest absolute Gasteiger partial charge is 0.409 e. The van der Waals surface area contributed by atoms with E-state index >= 15 is 0 Å². The molecule has 1 unspecified atom stereocenters. The number of benzene rings is 1. The SMILES string of the molecule is CC(Sc1ccc(Br)cc1)C(N)=NO. The van der Waals surface area contributed by atoms with Crippen LogP contribution in [0.3, 0.4) is 0 Å². The Labute approximate surface area is 95.5 Å². The number of nitrogens with two attached hydrogens (primary N) is 1. The van der Waals surface area contributed by atoms with Crippen molar-refractivity contribution in [2.45, 2.75) is 17.1 Å². The normalized spacial score (nSPS) is 14.0. The monoisotopic (exact) mass is 274 g/mol. The summed E-state index contributed by atoms with van der Waals surface area (Å²) in [6.45, 7) is 1.89. The summed E-state index contributed by atoms with van der Waals surface area (Å²) in [6, 6.07) is 7.88. The number of rotatable bonds is 3. The maximum atomic E-state index is 8.47. The van der Waals surface area contributed by atoms with Gasteiger partial charge in [0.25, 0.3) is 0 Å². The predicted molar refractivity (Wildman–Crippen MR) is 62.9 cm³/mol. The van der Waals surface area contributed by atoms with E-state index in [0.29, 0.717) is 0 Å². The Morgan fingerprint density at radius 3 is 2.57 bits per heavy atom. The van der Waals surface area contributed by atoms with Crippen LogP contribution in [0.15, 0.2) is 38.8 Å². The predicted octanol–water partition coefficient (Wildman–Crippen LogP) is 2.68. The molecule has 1 rings (SSSR count). The molecule has 3 nitrogen and oxygen atoms in total. The number of halogens is 1. The Hall–Kier alpha value is -0.680. The Morgan fingerprint density at radius 1 is 1.50 bits per heavy atom. The molecule has 0 aliphatic rings. The van der Waals surface area contributed by atoms with Crippen molar-refractivity contribution >= 4 is 33.5 Å². The van der Waals surface area contributed by atoms with Crippen LogP contribution in [0.25, 0.3) is 0 Å². The minimum Gasteiger partial charge on any atom is -0.409 e. The molecule has 0 fully saturated rings. The van der Waals surface area contributed by atoms with Crippen molar-refractivity contribution in [2.75, 3.05) is 0 Å². The van der Waals surface area contributed by atoms with Crippen LogP contribution in [-0.2, 0) is 0 Å². The lowest BCUT2D eigenvalue weighted by Gasteiger charge is -2.08. The number of thioether (sulfide) groups is 1. The fourth-order valence-electron chi connectivity index (χ4n) is 0.859. The summed E-state index contributed by atoms with van der Waals surface area (Å²) in [7, 11) is 0. The van der Waals surface area contributed by atoms with E-state index in [1.54, 1.807) is 11.8 Å². The highest BCUT2D eigenvalue weighted by Gasteiger charge is 2.08. The fraction of sp³-hybridized carbons (Fsp3) is 0.222. The minimum atomic E-state index is -0.0267. The molecule has 0 saturated heterocycles. The van der Waals surface area contributed by atoms with E-state index in [-0.39, 0.29) is 11.1 Å². The summed E-state index contributed by atoms with van der Waals surface area (Å²) >= 11 is 4.90. The summed E-state index contributed by atoms with van der Waals surface area (Å²) in [5, 5.41) is 11.4. The highest BCUT2D eigenvalue weighted by molar-refractivity contribution is 9.10. The Balaban J connectivity index is 2.65. The molecule has 0 amide bonds. The smallest absolute Gasteiger partial charge is 0.152 e. The molecule has 76 valence electrons. The third-order valence-electron chi connectivity index (χ3n) is 1.66. The van der Waals surface area contributed by atoms with Crippen molar-refractivity contribution in [1.82, 2.24) is 0 Å². The van der Waals surface area contributed by atoms with Crippen molar-refractivity contribution in [3.63, 3.8) is 0 Å². The van der Waals surface area contributed by atoms with E-state index < -0.39 is 0 Å². The van der Waals surface area contributed by atoms with E-state index in [0.717, 1.165) is 9.37 Å². The van der Waals surface area contributed by atoms with Gasteiger partial charge < -0.3 is 10.9 Å². The van der Waals surface area contributed by atoms with E-state index in [2.05, 4.69) is 21.1 Å².